The van der Waals surface area contributed by atoms with Gasteiger partial charge in [0.15, 0.2) is 0 Å². The summed E-state index contributed by atoms with van der Waals surface area (Å²) < 4.78 is 0. The molecule has 2 aliphatic rings. The topological polar surface area (TPSA) is 6.48 Å². The molecule has 2 atom stereocenters. The molecule has 2 fully saturated rings. The van der Waals surface area contributed by atoms with E-state index in [-0.39, 0.29) is 10.8 Å². The van der Waals surface area contributed by atoms with E-state index in [9.17, 15) is 0 Å². The highest BCUT2D eigenvalue weighted by Gasteiger charge is 2.23. The van der Waals surface area contributed by atoms with Gasteiger partial charge in [-0.05, 0) is 51.9 Å². The molecule has 0 N–H and O–H groups in total. The largest absolute Gasteiger partial charge is 0.302 e. The van der Waals surface area contributed by atoms with E-state index in [4.69, 9.17) is 23.2 Å². The molecule has 0 aliphatic carbocycles. The molecule has 4 heteroatoms. The molecule has 18 heavy (non-hydrogen) atoms. The van der Waals surface area contributed by atoms with Crippen LogP contribution in [0.5, 0.6) is 0 Å². The summed E-state index contributed by atoms with van der Waals surface area (Å²) in [5.74, 6) is 0. The molecule has 2 rings (SSSR count). The van der Waals surface area contributed by atoms with Crippen molar-refractivity contribution in [2.24, 2.45) is 0 Å². The lowest BCUT2D eigenvalue weighted by Gasteiger charge is -2.32. The number of piperidine rings is 2. The van der Waals surface area contributed by atoms with Gasteiger partial charge in [0.25, 0.3) is 0 Å². The van der Waals surface area contributed by atoms with Gasteiger partial charge in [0.1, 0.15) is 0 Å². The van der Waals surface area contributed by atoms with E-state index in [1.165, 1.54) is 64.7 Å². The lowest BCUT2D eigenvalue weighted by molar-refractivity contribution is 0.205. The number of alkyl halides is 2. The van der Waals surface area contributed by atoms with Gasteiger partial charge in [0.2, 0.25) is 0 Å². The third-order valence-corrected chi connectivity index (χ3v) is 5.17. The van der Waals surface area contributed by atoms with Gasteiger partial charge in [0.05, 0.1) is 10.8 Å². The Morgan fingerprint density at radius 1 is 0.611 bits per heavy atom. The summed E-state index contributed by atoms with van der Waals surface area (Å²) in [6.07, 6.45) is 8.04. The lowest BCUT2D eigenvalue weighted by atomic mass is 10.1. The molecule has 0 saturated carbocycles. The first-order valence-electron chi connectivity index (χ1n) is 7.48. The SMILES string of the molecule is Cl[C@H](CN1CCCCC1)[C@H](Cl)CN1CCCCC1. The first-order valence-corrected chi connectivity index (χ1v) is 8.36. The van der Waals surface area contributed by atoms with Crippen molar-refractivity contribution in [3.05, 3.63) is 0 Å². The standard InChI is InChI=1S/C14H26Cl2N2/c15-13(11-17-7-3-1-4-8-17)14(16)12-18-9-5-2-6-10-18/h13-14H,1-12H2/t13-,14-/m1/s1. The van der Waals surface area contributed by atoms with E-state index in [2.05, 4.69) is 9.80 Å². The molecular weight excluding hydrogens is 267 g/mol. The first-order chi connectivity index (χ1) is 8.75. The average molecular weight is 293 g/mol. The third-order valence-electron chi connectivity index (χ3n) is 4.16. The summed E-state index contributed by atoms with van der Waals surface area (Å²) in [6.45, 7) is 6.74. The summed E-state index contributed by atoms with van der Waals surface area (Å²) in [7, 11) is 0. The fraction of sp³-hybridized carbons (Fsp3) is 1.00. The van der Waals surface area contributed by atoms with Gasteiger partial charge >= 0.3 is 0 Å². The van der Waals surface area contributed by atoms with Crippen LogP contribution in [-0.2, 0) is 0 Å². The summed E-state index contributed by atoms with van der Waals surface area (Å²) >= 11 is 13.0. The fourth-order valence-electron chi connectivity index (χ4n) is 3.01. The zero-order chi connectivity index (χ0) is 12.8. The van der Waals surface area contributed by atoms with E-state index < -0.39 is 0 Å². The number of halogens is 2. The van der Waals surface area contributed by atoms with Gasteiger partial charge in [-0.25, -0.2) is 0 Å². The highest BCUT2D eigenvalue weighted by molar-refractivity contribution is 6.30. The molecule has 0 bridgehead atoms. The Labute approximate surface area is 122 Å². The second kappa shape index (κ2) is 7.94. The minimum absolute atomic E-state index is 0.0895. The Bertz CT molecular complexity index is 202. The molecule has 2 heterocycles. The lowest BCUT2D eigenvalue weighted by Crippen LogP contribution is -2.42. The maximum Gasteiger partial charge on any atom is 0.0639 e. The summed E-state index contributed by atoms with van der Waals surface area (Å²) in [4.78, 5) is 4.96. The van der Waals surface area contributed by atoms with Crippen molar-refractivity contribution in [1.82, 2.24) is 9.80 Å². The molecule has 2 aliphatic heterocycles. The van der Waals surface area contributed by atoms with E-state index in [0.717, 1.165) is 13.1 Å². The molecule has 106 valence electrons. The number of hydrogen-bond donors (Lipinski definition) is 0. The van der Waals surface area contributed by atoms with Crippen LogP contribution < -0.4 is 0 Å². The van der Waals surface area contributed by atoms with Crippen LogP contribution in [-0.4, -0.2) is 59.8 Å². The van der Waals surface area contributed by atoms with Crippen LogP contribution in [0.1, 0.15) is 38.5 Å². The van der Waals surface area contributed by atoms with Crippen LogP contribution in [0.3, 0.4) is 0 Å². The Morgan fingerprint density at radius 3 is 1.28 bits per heavy atom. The molecule has 2 nitrogen and oxygen atoms in total. The average Bonchev–Trinajstić information content (AvgIpc) is 2.41. The number of hydrogen-bond acceptors (Lipinski definition) is 2. The normalized spacial score (nSPS) is 27.0. The maximum absolute atomic E-state index is 6.48. The van der Waals surface area contributed by atoms with Gasteiger partial charge in [0, 0.05) is 13.1 Å². The summed E-state index contributed by atoms with van der Waals surface area (Å²) in [6, 6.07) is 0. The third kappa shape index (κ3) is 4.88. The Hall–Kier alpha value is 0.500. The van der Waals surface area contributed by atoms with Crippen molar-refractivity contribution in [3.8, 4) is 0 Å². The van der Waals surface area contributed by atoms with Crippen molar-refractivity contribution in [2.45, 2.75) is 49.3 Å². The summed E-state index contributed by atoms with van der Waals surface area (Å²) in [5.41, 5.74) is 0. The van der Waals surface area contributed by atoms with Crippen molar-refractivity contribution < 1.29 is 0 Å². The molecule has 0 amide bonds. The number of likely N-dealkylation sites (tertiary alicyclic amines) is 2. The van der Waals surface area contributed by atoms with E-state index >= 15 is 0 Å². The highest BCUT2D eigenvalue weighted by atomic mass is 35.5. The second-order valence-electron chi connectivity index (χ2n) is 5.75. The van der Waals surface area contributed by atoms with Crippen molar-refractivity contribution >= 4 is 23.2 Å². The molecular formula is C14H26Cl2N2. The number of rotatable bonds is 5. The zero-order valence-corrected chi connectivity index (χ0v) is 12.8. The van der Waals surface area contributed by atoms with Crippen LogP contribution in [0, 0.1) is 0 Å². The van der Waals surface area contributed by atoms with Gasteiger partial charge in [-0.2, -0.15) is 0 Å². The van der Waals surface area contributed by atoms with Crippen LogP contribution in [0.4, 0.5) is 0 Å². The molecule has 0 aromatic heterocycles. The first kappa shape index (κ1) is 14.9. The second-order valence-corrected chi connectivity index (χ2v) is 6.88. The Morgan fingerprint density at radius 2 is 0.944 bits per heavy atom. The fourth-order valence-corrected chi connectivity index (χ4v) is 3.56. The van der Waals surface area contributed by atoms with Crippen LogP contribution in [0.2, 0.25) is 0 Å². The van der Waals surface area contributed by atoms with E-state index in [1.807, 2.05) is 0 Å². The van der Waals surface area contributed by atoms with Crippen molar-refractivity contribution in [1.29, 1.82) is 0 Å². The maximum atomic E-state index is 6.48. The summed E-state index contributed by atoms with van der Waals surface area (Å²) in [5, 5.41) is 0.179. The molecule has 0 aromatic carbocycles. The van der Waals surface area contributed by atoms with Gasteiger partial charge in [-0.3, -0.25) is 0 Å². The molecule has 0 unspecified atom stereocenters. The molecule has 2 saturated heterocycles. The van der Waals surface area contributed by atoms with Crippen LogP contribution in [0.25, 0.3) is 0 Å². The van der Waals surface area contributed by atoms with E-state index in [1.54, 1.807) is 0 Å². The number of nitrogens with zero attached hydrogens (tertiary/aromatic N) is 2. The smallest absolute Gasteiger partial charge is 0.0639 e. The minimum Gasteiger partial charge on any atom is -0.302 e. The Balaban J connectivity index is 1.68. The quantitative estimate of drug-likeness (QED) is 0.718. The predicted octanol–water partition coefficient (Wildman–Crippen LogP) is 3.17. The van der Waals surface area contributed by atoms with Gasteiger partial charge in [-0.15, -0.1) is 23.2 Å². The van der Waals surface area contributed by atoms with Crippen molar-refractivity contribution in [3.63, 3.8) is 0 Å². The van der Waals surface area contributed by atoms with Crippen molar-refractivity contribution in [2.75, 3.05) is 39.3 Å². The monoisotopic (exact) mass is 292 g/mol. The predicted molar refractivity (Wildman–Crippen MR) is 79.9 cm³/mol. The molecule has 0 radical (unpaired) electrons. The van der Waals surface area contributed by atoms with Gasteiger partial charge in [-0.1, -0.05) is 12.8 Å². The van der Waals surface area contributed by atoms with E-state index in [0.29, 0.717) is 0 Å². The molecule has 0 spiro atoms. The molecule has 0 aromatic rings. The highest BCUT2D eigenvalue weighted by Crippen LogP contribution is 2.18. The zero-order valence-electron chi connectivity index (χ0n) is 11.3. The van der Waals surface area contributed by atoms with Crippen LogP contribution in [0.15, 0.2) is 0 Å². The minimum atomic E-state index is 0.0895. The van der Waals surface area contributed by atoms with Gasteiger partial charge < -0.3 is 9.80 Å². The van der Waals surface area contributed by atoms with Crippen LogP contribution >= 0.6 is 23.2 Å². The Kier molecular flexibility index (Phi) is 6.57.